The van der Waals surface area contributed by atoms with Gasteiger partial charge in [0.25, 0.3) is 0 Å². The van der Waals surface area contributed by atoms with E-state index < -0.39 is 11.4 Å². The average molecular weight is 372 g/mol. The summed E-state index contributed by atoms with van der Waals surface area (Å²) >= 11 is 0. The second kappa shape index (κ2) is 5.74. The molecule has 3 aliphatic carbocycles. The molecule has 0 unspecified atom stereocenters. The van der Waals surface area contributed by atoms with Crippen molar-refractivity contribution in [3.05, 3.63) is 99.0 Å². The monoisotopic (exact) mass is 372 g/mol. The summed E-state index contributed by atoms with van der Waals surface area (Å²) in [5.74, 6) is -0.749. The van der Waals surface area contributed by atoms with Gasteiger partial charge in [-0.25, -0.2) is 0 Å². The second-order valence-corrected chi connectivity index (χ2v) is 6.97. The molecule has 6 rings (SSSR count). The van der Waals surface area contributed by atoms with Crippen LogP contribution in [0, 0.1) is 4.91 Å². The fourth-order valence-corrected chi connectivity index (χ4v) is 5.03. The molecule has 0 amide bonds. The number of methoxy groups -OCH3 is 1. The Hall–Kier alpha value is -3.51. The Kier molecular flexibility index (Phi) is 3.41. The van der Waals surface area contributed by atoms with Gasteiger partial charge in [-0.15, -0.1) is 4.91 Å². The van der Waals surface area contributed by atoms with E-state index in [9.17, 15) is 14.9 Å². The normalized spacial score (nSPS) is 20.6. The van der Waals surface area contributed by atoms with Crippen LogP contribution < -0.4 is 5.48 Å². The summed E-state index contributed by atoms with van der Waals surface area (Å²) in [4.78, 5) is 25.1. The van der Waals surface area contributed by atoms with Gasteiger partial charge in [0, 0.05) is 17.0 Å². The molecular formula is C22H16N2O4. The smallest absolute Gasteiger partial charge is 0.325 e. The number of hydrogen-bond acceptors (Lipinski definition) is 6. The zero-order valence-electron chi connectivity index (χ0n) is 15.0. The average Bonchev–Trinajstić information content (AvgIpc) is 2.77. The standard InChI is InChI=1S/C22H16N2O4/c1-28-21(25)22-14-8-4-2-6-12(14)18(13-7-3-5-9-15(13)22)19-16(23-26)10-11-17(24-27)20(19)22/h2-11,18,24,27H,1H3. The Bertz CT molecular complexity index is 1110. The quantitative estimate of drug-likeness (QED) is 0.409. The molecule has 0 spiro atoms. The molecule has 2 bridgehead atoms. The molecule has 6 heteroatoms. The molecule has 0 saturated heterocycles. The van der Waals surface area contributed by atoms with Crippen LogP contribution in [0.1, 0.15) is 39.3 Å². The van der Waals surface area contributed by atoms with Crippen LogP contribution in [0.15, 0.2) is 65.8 Å². The van der Waals surface area contributed by atoms with E-state index in [0.29, 0.717) is 16.8 Å². The Morgan fingerprint density at radius 2 is 1.64 bits per heavy atom. The summed E-state index contributed by atoms with van der Waals surface area (Å²) in [5.41, 5.74) is 6.07. The number of benzene rings is 3. The lowest BCUT2D eigenvalue weighted by atomic mass is 9.52. The van der Waals surface area contributed by atoms with Crippen molar-refractivity contribution in [3.8, 4) is 0 Å². The largest absolute Gasteiger partial charge is 0.468 e. The predicted octanol–water partition coefficient (Wildman–Crippen LogP) is 4.20. The van der Waals surface area contributed by atoms with Crippen molar-refractivity contribution in [2.24, 2.45) is 5.18 Å². The van der Waals surface area contributed by atoms with Gasteiger partial charge >= 0.3 is 5.97 Å². The van der Waals surface area contributed by atoms with Gasteiger partial charge in [-0.1, -0.05) is 48.5 Å². The second-order valence-electron chi connectivity index (χ2n) is 6.97. The van der Waals surface area contributed by atoms with Crippen molar-refractivity contribution in [2.45, 2.75) is 11.3 Å². The highest BCUT2D eigenvalue weighted by Crippen LogP contribution is 2.62. The molecule has 0 heterocycles. The molecule has 6 nitrogen and oxygen atoms in total. The van der Waals surface area contributed by atoms with Crippen LogP contribution in [0.3, 0.4) is 0 Å². The molecule has 0 aliphatic heterocycles. The third-order valence-electron chi connectivity index (χ3n) is 5.95. The van der Waals surface area contributed by atoms with Crippen molar-refractivity contribution in [1.82, 2.24) is 0 Å². The fourth-order valence-electron chi connectivity index (χ4n) is 5.03. The number of nitrogens with zero attached hydrogens (tertiary/aromatic N) is 1. The van der Waals surface area contributed by atoms with Crippen LogP contribution in [-0.2, 0) is 14.9 Å². The van der Waals surface area contributed by atoms with Gasteiger partial charge in [0.05, 0.1) is 12.8 Å². The number of esters is 1. The molecule has 0 saturated carbocycles. The highest BCUT2D eigenvalue weighted by Gasteiger charge is 2.58. The first-order valence-electron chi connectivity index (χ1n) is 8.88. The predicted molar refractivity (Wildman–Crippen MR) is 103 cm³/mol. The van der Waals surface area contributed by atoms with Crippen LogP contribution in [0.5, 0.6) is 0 Å². The molecule has 0 atom stereocenters. The number of carbonyl (C=O) groups excluding carboxylic acids is 1. The van der Waals surface area contributed by atoms with E-state index in [1.54, 1.807) is 12.1 Å². The van der Waals surface area contributed by atoms with E-state index in [4.69, 9.17) is 4.74 Å². The number of anilines is 1. The van der Waals surface area contributed by atoms with Crippen LogP contribution in [0.25, 0.3) is 0 Å². The van der Waals surface area contributed by atoms with Gasteiger partial charge in [-0.05, 0) is 39.6 Å². The molecule has 0 radical (unpaired) electrons. The number of rotatable bonds is 3. The fraction of sp³-hybridized carbons (Fsp3) is 0.136. The van der Waals surface area contributed by atoms with Crippen molar-refractivity contribution in [2.75, 3.05) is 12.6 Å². The van der Waals surface area contributed by atoms with Crippen LogP contribution in [-0.4, -0.2) is 18.3 Å². The van der Waals surface area contributed by atoms with Crippen molar-refractivity contribution in [1.29, 1.82) is 0 Å². The van der Waals surface area contributed by atoms with E-state index in [-0.39, 0.29) is 11.6 Å². The van der Waals surface area contributed by atoms with Crippen molar-refractivity contribution < 1.29 is 14.7 Å². The highest BCUT2D eigenvalue weighted by atomic mass is 16.5. The molecule has 3 aromatic rings. The minimum absolute atomic E-state index is 0.247. The van der Waals surface area contributed by atoms with Crippen molar-refractivity contribution >= 4 is 17.3 Å². The number of nitroso groups, excluding NO2 is 1. The molecule has 3 aliphatic rings. The zero-order chi connectivity index (χ0) is 19.5. The van der Waals surface area contributed by atoms with Gasteiger partial charge in [-0.2, -0.15) is 0 Å². The third kappa shape index (κ3) is 1.73. The van der Waals surface area contributed by atoms with Gasteiger partial charge < -0.3 is 4.74 Å². The van der Waals surface area contributed by atoms with E-state index in [0.717, 1.165) is 22.3 Å². The van der Waals surface area contributed by atoms with E-state index in [1.807, 2.05) is 48.5 Å². The lowest BCUT2D eigenvalue weighted by Crippen LogP contribution is -2.49. The molecule has 28 heavy (non-hydrogen) atoms. The SMILES string of the molecule is COC(=O)C12c3ccccc3C(c3ccccc31)c1c(N=O)ccc(NO)c12. The molecule has 3 aromatic carbocycles. The first-order valence-corrected chi connectivity index (χ1v) is 8.88. The van der Waals surface area contributed by atoms with E-state index in [1.165, 1.54) is 7.11 Å². The first-order chi connectivity index (χ1) is 13.7. The summed E-state index contributed by atoms with van der Waals surface area (Å²) in [6.45, 7) is 0. The molecule has 2 N–H and O–H groups in total. The number of ether oxygens (including phenoxy) is 1. The molecular weight excluding hydrogens is 356 g/mol. The summed E-state index contributed by atoms with van der Waals surface area (Å²) in [6, 6.07) is 18.4. The van der Waals surface area contributed by atoms with Gasteiger partial charge in [0.1, 0.15) is 11.1 Å². The summed E-state index contributed by atoms with van der Waals surface area (Å²) in [6.07, 6.45) is 0. The minimum atomic E-state index is -1.31. The Labute approximate surface area is 160 Å². The lowest BCUT2D eigenvalue weighted by molar-refractivity contribution is -0.144. The third-order valence-corrected chi connectivity index (χ3v) is 5.95. The van der Waals surface area contributed by atoms with Gasteiger partial charge in [0.15, 0.2) is 0 Å². The summed E-state index contributed by atoms with van der Waals surface area (Å²) in [5, 5.41) is 13.1. The molecule has 0 fully saturated rings. The van der Waals surface area contributed by atoms with Gasteiger partial charge in [0.2, 0.25) is 0 Å². The van der Waals surface area contributed by atoms with E-state index >= 15 is 0 Å². The highest BCUT2D eigenvalue weighted by molar-refractivity contribution is 6.00. The topological polar surface area (TPSA) is 88.0 Å². The number of carbonyl (C=O) groups is 1. The molecule has 0 aromatic heterocycles. The number of hydrogen-bond donors (Lipinski definition) is 2. The number of nitrogens with one attached hydrogen (secondary N) is 1. The van der Waals surface area contributed by atoms with Gasteiger partial charge in [-0.3, -0.25) is 15.5 Å². The maximum atomic E-state index is 13.5. The molecule has 138 valence electrons. The summed E-state index contributed by atoms with van der Waals surface area (Å²) in [7, 11) is 1.34. The van der Waals surface area contributed by atoms with Crippen molar-refractivity contribution in [3.63, 3.8) is 0 Å². The first kappa shape index (κ1) is 16.6. The van der Waals surface area contributed by atoms with Crippen LogP contribution in [0.4, 0.5) is 11.4 Å². The maximum absolute atomic E-state index is 13.5. The van der Waals surface area contributed by atoms with Crippen LogP contribution in [0.2, 0.25) is 0 Å². The minimum Gasteiger partial charge on any atom is -0.468 e. The lowest BCUT2D eigenvalue weighted by Gasteiger charge is -2.49. The Morgan fingerprint density at radius 1 is 1.04 bits per heavy atom. The summed E-state index contributed by atoms with van der Waals surface area (Å²) < 4.78 is 5.30. The van der Waals surface area contributed by atoms with Crippen LogP contribution >= 0.6 is 0 Å². The Morgan fingerprint density at radius 3 is 2.18 bits per heavy atom. The van der Waals surface area contributed by atoms with E-state index in [2.05, 4.69) is 10.7 Å². The maximum Gasteiger partial charge on any atom is 0.325 e. The Balaban J connectivity index is 2.06. The zero-order valence-corrected chi connectivity index (χ0v) is 15.0.